The summed E-state index contributed by atoms with van der Waals surface area (Å²) in [5.74, 6) is -3.37. The molecule has 0 spiro atoms. The van der Waals surface area contributed by atoms with Crippen molar-refractivity contribution in [1.29, 1.82) is 0 Å². The second-order valence-electron chi connectivity index (χ2n) is 5.85. The van der Waals surface area contributed by atoms with Gasteiger partial charge in [-0.3, -0.25) is 0 Å². The summed E-state index contributed by atoms with van der Waals surface area (Å²) < 4.78 is 34.8. The van der Waals surface area contributed by atoms with Crippen LogP contribution >= 0.6 is 0 Å². The lowest BCUT2D eigenvalue weighted by molar-refractivity contribution is 0.318. The van der Waals surface area contributed by atoms with Gasteiger partial charge in [-0.25, -0.2) is 9.07 Å². The van der Waals surface area contributed by atoms with E-state index in [0.29, 0.717) is 29.1 Å². The number of oxime groups is 1. The molecule has 8 nitrogen and oxygen atoms in total. The zero-order valence-corrected chi connectivity index (χ0v) is 14.8. The number of halogens is 2. The Bertz CT molecular complexity index is 1040. The highest BCUT2D eigenvalue weighted by Crippen LogP contribution is 2.35. The Kier molecular flexibility index (Phi) is 4.56. The third-order valence-corrected chi connectivity index (χ3v) is 4.20. The topological polar surface area (TPSA) is 123 Å². The summed E-state index contributed by atoms with van der Waals surface area (Å²) in [5.41, 5.74) is 7.39. The average molecular weight is 377 g/mol. The maximum atomic E-state index is 14.6. The van der Waals surface area contributed by atoms with E-state index in [-0.39, 0.29) is 22.8 Å². The van der Waals surface area contributed by atoms with Gasteiger partial charge in [-0.2, -0.15) is 9.49 Å². The summed E-state index contributed by atoms with van der Waals surface area (Å²) in [6.45, 7) is 5.09. The Morgan fingerprint density at radius 3 is 2.56 bits per heavy atom. The van der Waals surface area contributed by atoms with E-state index in [0.717, 1.165) is 10.7 Å². The predicted octanol–water partition coefficient (Wildman–Crippen LogP) is 2.78. The zero-order valence-electron chi connectivity index (χ0n) is 14.8. The molecule has 4 N–H and O–H groups in total. The van der Waals surface area contributed by atoms with Crippen LogP contribution in [-0.4, -0.2) is 31.1 Å². The molecule has 0 fully saturated rings. The number of aromatic nitrogens is 3. The molecular weight excluding hydrogens is 360 g/mol. The van der Waals surface area contributed by atoms with Gasteiger partial charge in [0.2, 0.25) is 5.82 Å². The normalized spacial score (nSPS) is 12.0. The van der Waals surface area contributed by atoms with Crippen molar-refractivity contribution in [2.24, 2.45) is 10.9 Å². The lowest BCUT2D eigenvalue weighted by atomic mass is 10.0. The summed E-state index contributed by atoms with van der Waals surface area (Å²) in [6, 6.07) is 2.19. The Morgan fingerprint density at radius 1 is 1.30 bits per heavy atom. The van der Waals surface area contributed by atoms with Gasteiger partial charge >= 0.3 is 0 Å². The van der Waals surface area contributed by atoms with Crippen molar-refractivity contribution in [3.63, 3.8) is 0 Å². The second-order valence-corrected chi connectivity index (χ2v) is 5.85. The highest BCUT2D eigenvalue weighted by molar-refractivity contribution is 6.04. The van der Waals surface area contributed by atoms with E-state index in [4.69, 9.17) is 10.3 Å². The van der Waals surface area contributed by atoms with E-state index in [9.17, 15) is 19.1 Å². The summed E-state index contributed by atoms with van der Waals surface area (Å²) in [7, 11) is 0. The third-order valence-electron chi connectivity index (χ3n) is 4.20. The molecular formula is C17H17F2N5O3. The smallest absolute Gasteiger partial charge is 0.202 e. The predicted molar refractivity (Wildman–Crippen MR) is 92.0 cm³/mol. The number of hydrogen-bond acceptors (Lipinski definition) is 6. The largest absolute Gasteiger partial charge is 0.505 e. The van der Waals surface area contributed by atoms with Gasteiger partial charge in [-0.15, -0.1) is 0 Å². The van der Waals surface area contributed by atoms with E-state index in [1.807, 2.05) is 0 Å². The Morgan fingerprint density at radius 2 is 2.00 bits per heavy atom. The lowest BCUT2D eigenvalue weighted by Gasteiger charge is -2.11. The van der Waals surface area contributed by atoms with Gasteiger partial charge in [-0.1, -0.05) is 17.2 Å². The van der Waals surface area contributed by atoms with Gasteiger partial charge in [0.1, 0.15) is 11.4 Å². The minimum atomic E-state index is -1.41. The van der Waals surface area contributed by atoms with Crippen LogP contribution in [0.5, 0.6) is 5.75 Å². The van der Waals surface area contributed by atoms with Crippen molar-refractivity contribution in [2.75, 3.05) is 0 Å². The van der Waals surface area contributed by atoms with Crippen molar-refractivity contribution in [2.45, 2.75) is 27.2 Å². The van der Waals surface area contributed by atoms with Gasteiger partial charge in [0.25, 0.3) is 0 Å². The number of hydrogen-bond donors (Lipinski definition) is 3. The highest BCUT2D eigenvalue weighted by Gasteiger charge is 2.29. The van der Waals surface area contributed by atoms with Crippen LogP contribution in [0, 0.1) is 25.5 Å². The van der Waals surface area contributed by atoms with E-state index in [1.54, 1.807) is 20.8 Å². The Labute approximate surface area is 152 Å². The van der Waals surface area contributed by atoms with E-state index >= 15 is 0 Å². The van der Waals surface area contributed by atoms with Crippen LogP contribution in [0.15, 0.2) is 21.8 Å². The van der Waals surface area contributed by atoms with E-state index < -0.39 is 17.4 Å². The third kappa shape index (κ3) is 2.78. The first-order valence-corrected chi connectivity index (χ1v) is 8.02. The molecule has 0 saturated heterocycles. The van der Waals surface area contributed by atoms with Crippen LogP contribution in [0.25, 0.3) is 16.9 Å². The minimum Gasteiger partial charge on any atom is -0.505 e. The van der Waals surface area contributed by atoms with Crippen LogP contribution in [-0.2, 0) is 6.42 Å². The molecule has 0 unspecified atom stereocenters. The number of aryl methyl sites for hydroxylation is 3. The first-order chi connectivity index (χ1) is 12.8. The molecule has 3 rings (SSSR count). The molecule has 27 heavy (non-hydrogen) atoms. The molecule has 0 atom stereocenters. The number of nitrogens with zero attached hydrogens (tertiary/aromatic N) is 4. The molecule has 2 aromatic heterocycles. The maximum Gasteiger partial charge on any atom is 0.202 e. The van der Waals surface area contributed by atoms with Crippen LogP contribution in [0.2, 0.25) is 0 Å². The van der Waals surface area contributed by atoms with Crippen molar-refractivity contribution in [1.82, 2.24) is 14.9 Å². The molecule has 1 aromatic carbocycles. The fraction of sp³-hybridized carbons (Fsp3) is 0.235. The first kappa shape index (κ1) is 18.4. The molecule has 0 saturated carbocycles. The molecule has 142 valence electrons. The summed E-state index contributed by atoms with van der Waals surface area (Å²) in [5, 5.41) is 29.8. The van der Waals surface area contributed by atoms with Crippen LogP contribution in [0.4, 0.5) is 8.78 Å². The minimum absolute atomic E-state index is 0.238. The number of aromatic hydroxyl groups is 1. The average Bonchev–Trinajstić information content (AvgIpc) is 3.18. The second kappa shape index (κ2) is 6.71. The molecule has 10 heteroatoms. The molecule has 2 heterocycles. The van der Waals surface area contributed by atoms with Crippen molar-refractivity contribution < 1.29 is 23.6 Å². The molecule has 0 radical (unpaired) electrons. The van der Waals surface area contributed by atoms with Crippen molar-refractivity contribution in [3.05, 3.63) is 46.5 Å². The van der Waals surface area contributed by atoms with Gasteiger partial charge < -0.3 is 20.6 Å². The van der Waals surface area contributed by atoms with E-state index in [2.05, 4.69) is 15.4 Å². The number of phenols is 1. The Hall–Kier alpha value is -3.43. The fourth-order valence-corrected chi connectivity index (χ4v) is 2.95. The molecule has 0 aliphatic carbocycles. The highest BCUT2D eigenvalue weighted by atomic mass is 19.2. The number of rotatable bonds is 4. The first-order valence-electron chi connectivity index (χ1n) is 8.02. The zero-order chi connectivity index (χ0) is 19.9. The lowest BCUT2D eigenvalue weighted by Crippen LogP contribution is -2.16. The number of benzene rings is 1. The summed E-state index contributed by atoms with van der Waals surface area (Å²) in [4.78, 5) is 0. The van der Waals surface area contributed by atoms with Crippen molar-refractivity contribution >= 4 is 5.84 Å². The molecule has 0 amide bonds. The quantitative estimate of drug-likeness (QED) is 0.278. The standard InChI is InChI=1S/C17H17F2N5O3/c1-4-9-13(17(20)22-26)16(12-7(2)23-27-8(12)3)24(21-9)10-5-6-11(25)15(19)14(10)18/h5-6,25-26H,4H2,1-3H3,(H2,20,22). The summed E-state index contributed by atoms with van der Waals surface area (Å²) in [6.07, 6.45) is 0.372. The molecule has 0 aliphatic rings. The van der Waals surface area contributed by atoms with E-state index in [1.165, 1.54) is 6.07 Å². The Balaban J connectivity index is 2.46. The fourth-order valence-electron chi connectivity index (χ4n) is 2.95. The molecule has 3 aromatic rings. The van der Waals surface area contributed by atoms with Gasteiger partial charge in [0.15, 0.2) is 17.4 Å². The van der Waals surface area contributed by atoms with Crippen LogP contribution in [0.3, 0.4) is 0 Å². The number of phenolic OH excluding ortho intramolecular Hbond substituents is 1. The molecule has 0 aliphatic heterocycles. The van der Waals surface area contributed by atoms with Crippen LogP contribution < -0.4 is 5.73 Å². The molecule has 0 bridgehead atoms. The summed E-state index contributed by atoms with van der Waals surface area (Å²) >= 11 is 0. The van der Waals surface area contributed by atoms with Crippen LogP contribution in [0.1, 0.15) is 29.6 Å². The number of nitrogens with two attached hydrogens (primary N) is 1. The van der Waals surface area contributed by atoms with Gasteiger partial charge in [0, 0.05) is 0 Å². The maximum absolute atomic E-state index is 14.6. The monoisotopic (exact) mass is 377 g/mol. The van der Waals surface area contributed by atoms with Gasteiger partial charge in [0.05, 0.1) is 28.2 Å². The SMILES string of the molecule is CCc1nn(-c2ccc(O)c(F)c2F)c(-c2c(C)noc2C)c1/C(N)=N/O. The number of amidine groups is 1. The van der Waals surface area contributed by atoms with Gasteiger partial charge in [-0.05, 0) is 32.4 Å². The van der Waals surface area contributed by atoms with Crippen molar-refractivity contribution in [3.8, 4) is 22.7 Å².